The van der Waals surface area contributed by atoms with E-state index in [9.17, 15) is 19.2 Å². The first-order valence-corrected chi connectivity index (χ1v) is 14.8. The standard InChI is InChI=1S/C28H10Cl8N2O4/c1-6-3-4-9(38-27(41)14-15(28(38)42)19(32)23(36)22(35)18(14)31)24-10(6)7(2)5-8(37-24)11-25(39)12-13(26(11)40)17(30)21(34)20(33)16(12)29/h3-5,11H,1-2H3. The fraction of sp³-hybridized carbons (Fsp3) is 0.107. The van der Waals surface area contributed by atoms with Crippen molar-refractivity contribution in [3.05, 3.63) is 97.5 Å². The Labute approximate surface area is 277 Å². The normalized spacial score (nSPS) is 15.0. The second-order valence-electron chi connectivity index (χ2n) is 9.61. The molecule has 0 bridgehead atoms. The van der Waals surface area contributed by atoms with Crippen molar-refractivity contribution in [3.8, 4) is 0 Å². The van der Waals surface area contributed by atoms with E-state index in [2.05, 4.69) is 4.98 Å². The van der Waals surface area contributed by atoms with E-state index in [4.69, 9.17) is 92.8 Å². The van der Waals surface area contributed by atoms with Gasteiger partial charge in [-0.25, -0.2) is 9.88 Å². The largest absolute Gasteiger partial charge is 0.293 e. The molecular weight excluding hydrogens is 712 g/mol. The van der Waals surface area contributed by atoms with Crippen LogP contribution in [-0.2, 0) is 0 Å². The monoisotopic (exact) mass is 718 g/mol. The lowest BCUT2D eigenvalue weighted by atomic mass is 9.95. The zero-order valence-electron chi connectivity index (χ0n) is 20.9. The molecule has 0 saturated carbocycles. The van der Waals surface area contributed by atoms with Crippen LogP contribution >= 0.6 is 92.8 Å². The van der Waals surface area contributed by atoms with Gasteiger partial charge in [0.05, 0.1) is 79.3 Å². The third-order valence-corrected chi connectivity index (χ3v) is 10.9. The lowest BCUT2D eigenvalue weighted by molar-refractivity contribution is 0.0882. The number of imide groups is 1. The molecule has 2 aliphatic rings. The molecule has 0 saturated heterocycles. The number of hydrogen-bond donors (Lipinski definition) is 0. The minimum absolute atomic E-state index is 0.0381. The van der Waals surface area contributed by atoms with Crippen LogP contribution in [-0.4, -0.2) is 28.4 Å². The molecule has 42 heavy (non-hydrogen) atoms. The van der Waals surface area contributed by atoms with Crippen LogP contribution in [0, 0.1) is 13.8 Å². The predicted octanol–water partition coefficient (Wildman–Crippen LogP) is 10.0. The maximum absolute atomic E-state index is 13.7. The molecule has 14 heteroatoms. The number of carbonyl (C=O) groups is 4. The SMILES string of the molecule is Cc1ccc(N2C(=O)c3c(Cl)c(Cl)c(Cl)c(Cl)c3C2=O)c2nc(C3C(=O)c4c(Cl)c(Cl)c(Cl)c(Cl)c4C3=O)cc(C)c12. The average Bonchev–Trinajstić information content (AvgIpc) is 3.36. The Morgan fingerprint density at radius 3 is 1.48 bits per heavy atom. The summed E-state index contributed by atoms with van der Waals surface area (Å²) in [5, 5.41) is -0.945. The van der Waals surface area contributed by atoms with Crippen molar-refractivity contribution >= 4 is 133 Å². The number of pyridine rings is 1. The summed E-state index contributed by atoms with van der Waals surface area (Å²) in [4.78, 5) is 60.1. The molecule has 1 aliphatic heterocycles. The second kappa shape index (κ2) is 10.2. The van der Waals surface area contributed by atoms with Gasteiger partial charge >= 0.3 is 0 Å². The topological polar surface area (TPSA) is 84.4 Å². The van der Waals surface area contributed by atoms with Gasteiger partial charge in [-0.15, -0.1) is 0 Å². The highest BCUT2D eigenvalue weighted by Gasteiger charge is 2.46. The van der Waals surface area contributed by atoms with Gasteiger partial charge in [-0.2, -0.15) is 0 Å². The van der Waals surface area contributed by atoms with Crippen LogP contribution in [0.3, 0.4) is 0 Å². The van der Waals surface area contributed by atoms with E-state index in [0.717, 1.165) is 10.5 Å². The number of ketones is 2. The van der Waals surface area contributed by atoms with Crippen molar-refractivity contribution in [2.24, 2.45) is 0 Å². The third-order valence-electron chi connectivity index (χ3n) is 7.29. The van der Waals surface area contributed by atoms with Crippen LogP contribution in [0.5, 0.6) is 0 Å². The molecular formula is C28H10Cl8N2O4. The van der Waals surface area contributed by atoms with Crippen molar-refractivity contribution in [1.29, 1.82) is 0 Å². The molecule has 4 aromatic rings. The summed E-state index contributed by atoms with van der Waals surface area (Å²) in [5.74, 6) is -4.41. The Morgan fingerprint density at radius 1 is 0.595 bits per heavy atom. The molecule has 0 unspecified atom stereocenters. The number of anilines is 1. The molecule has 2 heterocycles. The molecule has 6 nitrogen and oxygen atoms in total. The van der Waals surface area contributed by atoms with Gasteiger partial charge in [0.2, 0.25) is 0 Å². The van der Waals surface area contributed by atoms with Gasteiger partial charge in [-0.1, -0.05) is 98.9 Å². The molecule has 6 rings (SSSR count). The summed E-state index contributed by atoms with van der Waals surface area (Å²) >= 11 is 50.0. The highest BCUT2D eigenvalue weighted by Crippen LogP contribution is 2.49. The van der Waals surface area contributed by atoms with Crippen LogP contribution in [0.2, 0.25) is 40.2 Å². The number of aryl methyl sites for hydroxylation is 2. The summed E-state index contributed by atoms with van der Waals surface area (Å²) in [6.07, 6.45) is 0. The lowest BCUT2D eigenvalue weighted by Gasteiger charge is -2.19. The molecule has 212 valence electrons. The Kier molecular flexibility index (Phi) is 7.28. The fourth-order valence-corrected chi connectivity index (χ4v) is 7.47. The molecule has 2 amide bonds. The first-order valence-electron chi connectivity index (χ1n) is 11.8. The number of aromatic nitrogens is 1. The smallest absolute Gasteiger partial charge is 0.267 e. The zero-order chi connectivity index (χ0) is 30.7. The van der Waals surface area contributed by atoms with E-state index < -0.39 is 29.3 Å². The minimum Gasteiger partial charge on any atom is -0.293 e. The Bertz CT molecular complexity index is 1950. The van der Waals surface area contributed by atoms with E-state index in [-0.39, 0.29) is 79.3 Å². The molecule has 0 radical (unpaired) electrons. The number of nitrogens with zero attached hydrogens (tertiary/aromatic N) is 2. The Hall–Kier alpha value is -2.13. The number of hydrogen-bond acceptors (Lipinski definition) is 5. The molecule has 0 atom stereocenters. The third kappa shape index (κ3) is 3.90. The molecule has 0 spiro atoms. The van der Waals surface area contributed by atoms with Crippen molar-refractivity contribution in [2.75, 3.05) is 4.90 Å². The number of benzene rings is 3. The molecule has 3 aromatic carbocycles. The van der Waals surface area contributed by atoms with Gasteiger partial charge in [-0.3, -0.25) is 19.2 Å². The number of amides is 2. The molecule has 0 fully saturated rings. The first kappa shape index (κ1) is 29.9. The molecule has 1 aromatic heterocycles. The van der Waals surface area contributed by atoms with Gasteiger partial charge in [0, 0.05) is 5.39 Å². The lowest BCUT2D eigenvalue weighted by Crippen LogP contribution is -2.30. The van der Waals surface area contributed by atoms with Gasteiger partial charge in [-0.05, 0) is 37.1 Å². The van der Waals surface area contributed by atoms with E-state index in [0.29, 0.717) is 10.9 Å². The van der Waals surface area contributed by atoms with E-state index >= 15 is 0 Å². The average molecular weight is 722 g/mol. The summed E-state index contributed by atoms with van der Waals surface area (Å²) < 4.78 is 0. The Morgan fingerprint density at radius 2 is 1.02 bits per heavy atom. The number of fused-ring (bicyclic) bond motifs is 3. The number of carbonyl (C=O) groups excluding carboxylic acids is 4. The van der Waals surface area contributed by atoms with Crippen LogP contribution in [0.4, 0.5) is 5.69 Å². The minimum atomic E-state index is -1.44. The summed E-state index contributed by atoms with van der Waals surface area (Å²) in [7, 11) is 0. The summed E-state index contributed by atoms with van der Waals surface area (Å²) in [6, 6.07) is 4.79. The van der Waals surface area contributed by atoms with Gasteiger partial charge < -0.3 is 0 Å². The maximum atomic E-state index is 13.7. The Balaban J connectivity index is 1.58. The van der Waals surface area contributed by atoms with E-state index in [1.165, 1.54) is 6.07 Å². The van der Waals surface area contributed by atoms with Crippen molar-refractivity contribution in [1.82, 2.24) is 4.98 Å². The molecule has 1 aliphatic carbocycles. The number of halogens is 8. The predicted molar refractivity (Wildman–Crippen MR) is 167 cm³/mol. The van der Waals surface area contributed by atoms with Crippen LogP contribution in [0.1, 0.15) is 64.2 Å². The summed E-state index contributed by atoms with van der Waals surface area (Å²) in [5.41, 5.74) is 0.879. The van der Waals surface area contributed by atoms with Gasteiger partial charge in [0.15, 0.2) is 11.6 Å². The maximum Gasteiger partial charge on any atom is 0.267 e. The fourth-order valence-electron chi connectivity index (χ4n) is 5.41. The van der Waals surface area contributed by atoms with Crippen LogP contribution < -0.4 is 4.90 Å². The van der Waals surface area contributed by atoms with Gasteiger partial charge in [0.25, 0.3) is 11.8 Å². The van der Waals surface area contributed by atoms with Crippen molar-refractivity contribution in [2.45, 2.75) is 19.8 Å². The van der Waals surface area contributed by atoms with E-state index in [1.807, 2.05) is 0 Å². The first-order chi connectivity index (χ1) is 19.7. The van der Waals surface area contributed by atoms with Crippen molar-refractivity contribution < 1.29 is 19.2 Å². The van der Waals surface area contributed by atoms with E-state index in [1.54, 1.807) is 26.0 Å². The van der Waals surface area contributed by atoms with Crippen LogP contribution in [0.15, 0.2) is 18.2 Å². The highest BCUT2D eigenvalue weighted by molar-refractivity contribution is 6.57. The quantitative estimate of drug-likeness (QED) is 0.0891. The van der Waals surface area contributed by atoms with Gasteiger partial charge in [0.1, 0.15) is 5.92 Å². The number of Topliss-reactive ketones (excluding diaryl/α,β-unsaturated/α-hetero) is 2. The number of rotatable bonds is 2. The zero-order valence-corrected chi connectivity index (χ0v) is 26.9. The highest BCUT2D eigenvalue weighted by atomic mass is 35.5. The molecule has 0 N–H and O–H groups in total. The van der Waals surface area contributed by atoms with Crippen LogP contribution in [0.25, 0.3) is 10.9 Å². The summed E-state index contributed by atoms with van der Waals surface area (Å²) in [6.45, 7) is 3.55. The van der Waals surface area contributed by atoms with Crippen molar-refractivity contribution in [3.63, 3.8) is 0 Å². The second-order valence-corrected chi connectivity index (χ2v) is 12.6.